The third-order valence-electron chi connectivity index (χ3n) is 3.83. The maximum Gasteiger partial charge on any atom is 0.271 e. The molecule has 3 rings (SSSR count). The summed E-state index contributed by atoms with van der Waals surface area (Å²) < 4.78 is 0.477. The number of carbonyl (C=O) groups excluding carboxylic acids is 2. The molecular formula is C19H15ClN2O2S2. The Labute approximate surface area is 166 Å². The van der Waals surface area contributed by atoms with Gasteiger partial charge < -0.3 is 5.32 Å². The summed E-state index contributed by atoms with van der Waals surface area (Å²) in [5.74, 6) is -0.301. The van der Waals surface area contributed by atoms with E-state index in [4.69, 9.17) is 23.8 Å². The van der Waals surface area contributed by atoms with Crippen molar-refractivity contribution in [3.8, 4) is 0 Å². The van der Waals surface area contributed by atoms with Gasteiger partial charge in [-0.2, -0.15) is 0 Å². The highest BCUT2D eigenvalue weighted by molar-refractivity contribution is 8.27. The minimum atomic E-state index is -0.153. The van der Waals surface area contributed by atoms with Crippen LogP contribution in [0.5, 0.6) is 0 Å². The van der Waals surface area contributed by atoms with E-state index in [1.165, 1.54) is 23.6 Å². The summed E-state index contributed by atoms with van der Waals surface area (Å²) in [7, 11) is 0. The maximum atomic E-state index is 12.9. The second-order valence-electron chi connectivity index (χ2n) is 5.70. The lowest BCUT2D eigenvalue weighted by molar-refractivity contribution is -0.114. The first-order chi connectivity index (χ1) is 12.4. The predicted molar refractivity (Wildman–Crippen MR) is 112 cm³/mol. The predicted octanol–water partition coefficient (Wildman–Crippen LogP) is 5.09. The molecule has 2 aromatic carbocycles. The summed E-state index contributed by atoms with van der Waals surface area (Å²) in [6.45, 7) is 3.34. The third kappa shape index (κ3) is 3.82. The van der Waals surface area contributed by atoms with Crippen molar-refractivity contribution >= 4 is 68.7 Å². The van der Waals surface area contributed by atoms with E-state index < -0.39 is 0 Å². The van der Waals surface area contributed by atoms with Gasteiger partial charge in [-0.1, -0.05) is 47.7 Å². The lowest BCUT2D eigenvalue weighted by Crippen LogP contribution is -2.27. The Hall–Kier alpha value is -2.15. The number of thioether (sulfide) groups is 1. The monoisotopic (exact) mass is 402 g/mol. The van der Waals surface area contributed by atoms with Crippen LogP contribution in [-0.4, -0.2) is 16.1 Å². The average molecular weight is 403 g/mol. The highest BCUT2D eigenvalue weighted by atomic mass is 35.5. The van der Waals surface area contributed by atoms with Crippen molar-refractivity contribution in [2.45, 2.75) is 13.8 Å². The highest BCUT2D eigenvalue weighted by Crippen LogP contribution is 2.39. The number of allylic oxidation sites excluding steroid dienone is 1. The quantitative estimate of drug-likeness (QED) is 0.573. The number of anilines is 2. The Bertz CT molecular complexity index is 922. The van der Waals surface area contributed by atoms with Crippen LogP contribution in [-0.2, 0) is 9.59 Å². The third-order valence-corrected chi connectivity index (χ3v) is 5.56. The van der Waals surface area contributed by atoms with Gasteiger partial charge in [0.1, 0.15) is 0 Å². The number of hydrogen-bond acceptors (Lipinski definition) is 4. The Kier molecular flexibility index (Phi) is 5.46. The number of thiocarbonyl (C=S) groups is 1. The topological polar surface area (TPSA) is 49.4 Å². The number of nitrogens with zero attached hydrogens (tertiary/aromatic N) is 1. The van der Waals surface area contributed by atoms with Crippen molar-refractivity contribution in [1.82, 2.24) is 0 Å². The molecule has 1 fully saturated rings. The molecular weight excluding hydrogens is 388 g/mol. The van der Waals surface area contributed by atoms with E-state index in [9.17, 15) is 9.59 Å². The molecule has 0 aromatic heterocycles. The Morgan fingerprint density at radius 2 is 1.69 bits per heavy atom. The van der Waals surface area contributed by atoms with Crippen LogP contribution >= 0.6 is 35.6 Å². The van der Waals surface area contributed by atoms with Gasteiger partial charge in [0.25, 0.3) is 5.91 Å². The number of hydrogen-bond donors (Lipinski definition) is 1. The van der Waals surface area contributed by atoms with Gasteiger partial charge >= 0.3 is 0 Å². The van der Waals surface area contributed by atoms with Gasteiger partial charge in [-0.25, -0.2) is 0 Å². The second-order valence-corrected chi connectivity index (χ2v) is 7.78. The largest absolute Gasteiger partial charge is 0.326 e. The molecule has 0 spiro atoms. The van der Waals surface area contributed by atoms with Crippen LogP contribution in [0.3, 0.4) is 0 Å². The molecule has 0 bridgehead atoms. The fraction of sp³-hybridized carbons (Fsp3) is 0.105. The molecule has 1 aliphatic rings. The van der Waals surface area contributed by atoms with E-state index in [0.29, 0.717) is 25.6 Å². The lowest BCUT2D eigenvalue weighted by Gasteiger charge is -2.15. The van der Waals surface area contributed by atoms with E-state index >= 15 is 0 Å². The van der Waals surface area contributed by atoms with Crippen molar-refractivity contribution in [3.63, 3.8) is 0 Å². The number of rotatable bonds is 3. The normalized spacial score (nSPS) is 16.0. The van der Waals surface area contributed by atoms with Crippen molar-refractivity contribution in [2.24, 2.45) is 0 Å². The summed E-state index contributed by atoms with van der Waals surface area (Å²) in [5.41, 5.74) is 3.12. The molecule has 7 heteroatoms. The molecule has 1 heterocycles. The number of nitrogens with one attached hydrogen (secondary N) is 1. The van der Waals surface area contributed by atoms with Crippen LogP contribution in [0.4, 0.5) is 11.4 Å². The first-order valence-electron chi connectivity index (χ1n) is 7.77. The second kappa shape index (κ2) is 7.61. The van der Waals surface area contributed by atoms with Gasteiger partial charge in [0, 0.05) is 17.6 Å². The fourth-order valence-electron chi connectivity index (χ4n) is 2.55. The minimum Gasteiger partial charge on any atom is -0.326 e. The number of benzene rings is 2. The summed E-state index contributed by atoms with van der Waals surface area (Å²) in [4.78, 5) is 26.1. The van der Waals surface area contributed by atoms with Gasteiger partial charge in [0.05, 0.1) is 10.6 Å². The Morgan fingerprint density at radius 1 is 1.08 bits per heavy atom. The van der Waals surface area contributed by atoms with E-state index in [0.717, 1.165) is 11.1 Å². The molecule has 0 aliphatic carbocycles. The Balaban J connectivity index is 1.90. The van der Waals surface area contributed by atoms with Gasteiger partial charge in [-0.05, 0) is 54.5 Å². The van der Waals surface area contributed by atoms with Crippen LogP contribution in [0.1, 0.15) is 19.4 Å². The standard InChI is InChI=1S/C19H15ClN2O2S2/c1-11(13-3-5-14(20)6-4-13)17-18(24)22(19(25)26-17)16-9-7-15(8-10-16)21-12(2)23/h3-10H,1-2H3,(H,21,23)/b17-11-. The Morgan fingerprint density at radius 3 is 2.27 bits per heavy atom. The summed E-state index contributed by atoms with van der Waals surface area (Å²) >= 11 is 12.6. The molecule has 4 nitrogen and oxygen atoms in total. The number of carbonyl (C=O) groups is 2. The van der Waals surface area contributed by atoms with E-state index in [1.54, 1.807) is 36.4 Å². The molecule has 1 aliphatic heterocycles. The molecule has 0 atom stereocenters. The molecule has 2 aromatic rings. The molecule has 1 N–H and O–H groups in total. The highest BCUT2D eigenvalue weighted by Gasteiger charge is 2.34. The zero-order valence-corrected chi connectivity index (χ0v) is 16.5. The van der Waals surface area contributed by atoms with Gasteiger partial charge in [-0.15, -0.1) is 0 Å². The van der Waals surface area contributed by atoms with Crippen LogP contribution in [0.25, 0.3) is 5.57 Å². The van der Waals surface area contributed by atoms with Crippen molar-refractivity contribution < 1.29 is 9.59 Å². The van der Waals surface area contributed by atoms with Crippen LogP contribution in [0, 0.1) is 0 Å². The molecule has 1 saturated heterocycles. The first-order valence-corrected chi connectivity index (χ1v) is 9.38. The zero-order chi connectivity index (χ0) is 18.8. The van der Waals surface area contributed by atoms with E-state index in [2.05, 4.69) is 5.32 Å². The molecule has 0 saturated carbocycles. The number of halogens is 1. The van der Waals surface area contributed by atoms with Crippen molar-refractivity contribution in [3.05, 3.63) is 64.0 Å². The fourth-order valence-corrected chi connectivity index (χ4v) is 4.02. The van der Waals surface area contributed by atoms with E-state index in [-0.39, 0.29) is 11.8 Å². The van der Waals surface area contributed by atoms with Gasteiger partial charge in [0.2, 0.25) is 5.91 Å². The van der Waals surface area contributed by atoms with Crippen LogP contribution < -0.4 is 10.2 Å². The minimum absolute atomic E-state index is 0.148. The summed E-state index contributed by atoms with van der Waals surface area (Å²) in [6.07, 6.45) is 0. The van der Waals surface area contributed by atoms with Gasteiger partial charge in [-0.3, -0.25) is 14.5 Å². The zero-order valence-electron chi connectivity index (χ0n) is 14.1. The summed E-state index contributed by atoms with van der Waals surface area (Å²) in [6, 6.07) is 14.4. The van der Waals surface area contributed by atoms with Crippen molar-refractivity contribution in [1.29, 1.82) is 0 Å². The van der Waals surface area contributed by atoms with E-state index in [1.807, 2.05) is 19.1 Å². The smallest absolute Gasteiger partial charge is 0.271 e. The van der Waals surface area contributed by atoms with Crippen LogP contribution in [0.15, 0.2) is 53.4 Å². The summed E-state index contributed by atoms with van der Waals surface area (Å²) in [5, 5.41) is 3.34. The SMILES string of the molecule is CC(=O)Nc1ccc(N2C(=O)/C(=C(\C)c3ccc(Cl)cc3)SC2=S)cc1. The molecule has 132 valence electrons. The molecule has 0 unspecified atom stereocenters. The molecule has 0 radical (unpaired) electrons. The first kappa shape index (κ1) is 18.6. The molecule has 2 amide bonds. The molecule has 26 heavy (non-hydrogen) atoms. The number of amides is 2. The van der Waals surface area contributed by atoms with Crippen LogP contribution in [0.2, 0.25) is 5.02 Å². The average Bonchev–Trinajstić information content (AvgIpc) is 2.90. The maximum absolute atomic E-state index is 12.9. The lowest BCUT2D eigenvalue weighted by atomic mass is 10.1. The van der Waals surface area contributed by atoms with Crippen molar-refractivity contribution in [2.75, 3.05) is 10.2 Å². The van der Waals surface area contributed by atoms with Gasteiger partial charge in [0.15, 0.2) is 4.32 Å².